The molecule has 10 nitrogen and oxygen atoms in total. The molecule has 0 aliphatic carbocycles. The minimum atomic E-state index is -0.811. The van der Waals surface area contributed by atoms with Gasteiger partial charge in [-0.25, -0.2) is 14.0 Å². The summed E-state index contributed by atoms with van der Waals surface area (Å²) in [5.41, 5.74) is 1.48. The van der Waals surface area contributed by atoms with Gasteiger partial charge in [-0.05, 0) is 38.1 Å². The maximum atomic E-state index is 14.2. The highest BCUT2D eigenvalue weighted by Crippen LogP contribution is 2.38. The molecule has 2 aliphatic heterocycles. The normalized spacial score (nSPS) is 17.9. The summed E-state index contributed by atoms with van der Waals surface area (Å²) >= 11 is 0. The molecule has 0 spiro atoms. The zero-order valence-electron chi connectivity index (χ0n) is 23.2. The highest BCUT2D eigenvalue weighted by molar-refractivity contribution is 5.96. The third-order valence-corrected chi connectivity index (χ3v) is 7.14. The van der Waals surface area contributed by atoms with Crippen molar-refractivity contribution in [2.24, 2.45) is 0 Å². The van der Waals surface area contributed by atoms with Crippen molar-refractivity contribution in [3.63, 3.8) is 0 Å². The predicted octanol–water partition coefficient (Wildman–Crippen LogP) is 3.20. The number of urea groups is 1. The Morgan fingerprint density at radius 2 is 1.75 bits per heavy atom. The molecule has 2 heterocycles. The van der Waals surface area contributed by atoms with Crippen molar-refractivity contribution in [3.8, 4) is 11.5 Å². The lowest BCUT2D eigenvalue weighted by Crippen LogP contribution is -2.53. The first-order chi connectivity index (χ1) is 19.3. The molecule has 0 bridgehead atoms. The Bertz CT molecular complexity index is 1290. The molecule has 0 aromatic heterocycles. The summed E-state index contributed by atoms with van der Waals surface area (Å²) in [6.07, 6.45) is 0. The molecule has 1 fully saturated rings. The Balaban J connectivity index is 1.65. The van der Waals surface area contributed by atoms with Crippen molar-refractivity contribution in [1.29, 1.82) is 0 Å². The van der Waals surface area contributed by atoms with Crippen LogP contribution in [0.15, 0.2) is 53.7 Å². The molecule has 2 aromatic carbocycles. The van der Waals surface area contributed by atoms with Gasteiger partial charge in [-0.15, -0.1) is 0 Å². The number of piperazine rings is 1. The Labute approximate surface area is 233 Å². The maximum absolute atomic E-state index is 14.2. The van der Waals surface area contributed by atoms with Crippen LogP contribution in [0.3, 0.4) is 0 Å². The first-order valence-electron chi connectivity index (χ1n) is 13.3. The molecule has 0 saturated carbocycles. The van der Waals surface area contributed by atoms with E-state index in [1.165, 1.54) is 24.1 Å². The highest BCUT2D eigenvalue weighted by atomic mass is 19.1. The number of carbonyl (C=O) groups excluding carboxylic acids is 3. The van der Waals surface area contributed by atoms with Crippen LogP contribution in [0, 0.1) is 5.82 Å². The van der Waals surface area contributed by atoms with E-state index in [4.69, 9.17) is 14.2 Å². The van der Waals surface area contributed by atoms with Crippen LogP contribution >= 0.6 is 0 Å². The summed E-state index contributed by atoms with van der Waals surface area (Å²) in [4.78, 5) is 44.8. The number of benzene rings is 2. The summed E-state index contributed by atoms with van der Waals surface area (Å²) in [7, 11) is 3.06. The average Bonchev–Trinajstić information content (AvgIpc) is 2.97. The van der Waals surface area contributed by atoms with Crippen molar-refractivity contribution >= 4 is 17.9 Å². The molecule has 2 aliphatic rings. The number of likely N-dealkylation sites (N-methyl/N-ethyl adjacent to an activating group) is 1. The van der Waals surface area contributed by atoms with Crippen LogP contribution in [0.25, 0.3) is 0 Å². The molecule has 1 saturated heterocycles. The number of rotatable bonds is 9. The van der Waals surface area contributed by atoms with Gasteiger partial charge in [-0.1, -0.05) is 12.1 Å². The second-order valence-electron chi connectivity index (χ2n) is 9.36. The van der Waals surface area contributed by atoms with Gasteiger partial charge in [0.2, 0.25) is 0 Å². The van der Waals surface area contributed by atoms with Gasteiger partial charge in [-0.2, -0.15) is 0 Å². The lowest BCUT2D eigenvalue weighted by atomic mass is 9.93. The summed E-state index contributed by atoms with van der Waals surface area (Å²) in [5, 5.41) is 2.95. The quantitative estimate of drug-likeness (QED) is 0.475. The Kier molecular flexibility index (Phi) is 9.26. The van der Waals surface area contributed by atoms with E-state index >= 15 is 0 Å². The largest absolute Gasteiger partial charge is 0.497 e. The monoisotopic (exact) mass is 554 g/mol. The summed E-state index contributed by atoms with van der Waals surface area (Å²) < 4.78 is 30.5. The van der Waals surface area contributed by atoms with Gasteiger partial charge in [0, 0.05) is 56.6 Å². The first-order valence-corrected chi connectivity index (χ1v) is 13.3. The summed E-state index contributed by atoms with van der Waals surface area (Å²) in [6, 6.07) is 9.98. The molecule has 3 amide bonds. The average molecular weight is 555 g/mol. The fourth-order valence-corrected chi connectivity index (χ4v) is 5.07. The smallest absolute Gasteiger partial charge is 0.338 e. The van der Waals surface area contributed by atoms with Crippen LogP contribution in [0.5, 0.6) is 11.5 Å². The molecule has 1 unspecified atom stereocenters. The van der Waals surface area contributed by atoms with E-state index in [0.29, 0.717) is 61.1 Å². The third kappa shape index (κ3) is 5.89. The molecule has 4 rings (SSSR count). The molecular formula is C29H35FN4O6. The van der Waals surface area contributed by atoms with Gasteiger partial charge < -0.3 is 24.4 Å². The fourth-order valence-electron chi connectivity index (χ4n) is 5.07. The van der Waals surface area contributed by atoms with Crippen molar-refractivity contribution < 1.29 is 33.0 Å². The van der Waals surface area contributed by atoms with Crippen LogP contribution in [-0.4, -0.2) is 92.7 Å². The molecule has 214 valence electrons. The molecule has 1 N–H and O–H groups in total. The van der Waals surface area contributed by atoms with Crippen LogP contribution < -0.4 is 14.8 Å². The van der Waals surface area contributed by atoms with Crippen molar-refractivity contribution in [2.75, 3.05) is 60.1 Å². The number of hydrogen-bond acceptors (Lipinski definition) is 7. The van der Waals surface area contributed by atoms with E-state index in [1.807, 2.05) is 6.92 Å². The lowest BCUT2D eigenvalue weighted by Gasteiger charge is -2.40. The van der Waals surface area contributed by atoms with E-state index < -0.39 is 17.8 Å². The van der Waals surface area contributed by atoms with Crippen LogP contribution in [0.2, 0.25) is 0 Å². The zero-order valence-corrected chi connectivity index (χ0v) is 23.2. The first kappa shape index (κ1) is 28.9. The minimum absolute atomic E-state index is 0.0423. The van der Waals surface area contributed by atoms with Gasteiger partial charge in [0.1, 0.15) is 17.3 Å². The van der Waals surface area contributed by atoms with Gasteiger partial charge in [0.15, 0.2) is 0 Å². The molecule has 0 radical (unpaired) electrons. The second kappa shape index (κ2) is 12.8. The number of hydrogen-bond donors (Lipinski definition) is 1. The molecule has 40 heavy (non-hydrogen) atoms. The van der Waals surface area contributed by atoms with Crippen molar-refractivity contribution in [1.82, 2.24) is 20.0 Å². The SMILES string of the molecule is CCOC(=O)C1=C(CN2CCN(C(=O)c3ccccc3F)CC2)N(CC)C(=O)NC1c1ccc(OC)cc1OC. The third-order valence-electron chi connectivity index (χ3n) is 7.14. The maximum Gasteiger partial charge on any atom is 0.338 e. The van der Waals surface area contributed by atoms with E-state index in [1.54, 1.807) is 49.3 Å². The summed E-state index contributed by atoms with van der Waals surface area (Å²) in [6.45, 7) is 6.07. The number of halogens is 1. The minimum Gasteiger partial charge on any atom is -0.497 e. The number of carbonyl (C=O) groups is 3. The van der Waals surface area contributed by atoms with Gasteiger partial charge in [0.05, 0.1) is 38.0 Å². The summed E-state index contributed by atoms with van der Waals surface area (Å²) in [5.74, 6) is -0.417. The van der Waals surface area contributed by atoms with Crippen LogP contribution in [0.4, 0.5) is 9.18 Å². The van der Waals surface area contributed by atoms with Crippen LogP contribution in [0.1, 0.15) is 35.8 Å². The standard InChI is InChI=1S/C29H35FN4O6/c1-5-34-23(18-32-13-15-33(16-14-32)27(35)20-9-7-8-10-22(20)30)25(28(36)40-6-2)26(31-29(34)37)21-12-11-19(38-3)17-24(21)39-4/h7-12,17,26H,5-6,13-16,18H2,1-4H3,(H,31,37). The number of nitrogens with zero attached hydrogens (tertiary/aromatic N) is 3. The number of amides is 3. The number of methoxy groups -OCH3 is 2. The number of esters is 1. The van der Waals surface area contributed by atoms with E-state index in [9.17, 15) is 18.8 Å². The van der Waals surface area contributed by atoms with Crippen LogP contribution in [-0.2, 0) is 9.53 Å². The predicted molar refractivity (Wildman–Crippen MR) is 146 cm³/mol. The zero-order chi connectivity index (χ0) is 28.8. The molecular weight excluding hydrogens is 519 g/mol. The number of ether oxygens (including phenoxy) is 3. The molecule has 11 heteroatoms. The Hall–Kier alpha value is -4.12. The van der Waals surface area contributed by atoms with E-state index in [-0.39, 0.29) is 30.7 Å². The Morgan fingerprint density at radius 1 is 1.02 bits per heavy atom. The fraction of sp³-hybridized carbons (Fsp3) is 0.414. The highest BCUT2D eigenvalue weighted by Gasteiger charge is 2.40. The van der Waals surface area contributed by atoms with Gasteiger partial charge >= 0.3 is 12.0 Å². The lowest BCUT2D eigenvalue weighted by molar-refractivity contribution is -0.139. The van der Waals surface area contributed by atoms with E-state index in [2.05, 4.69) is 10.2 Å². The topological polar surface area (TPSA) is 101 Å². The Morgan fingerprint density at radius 3 is 2.38 bits per heavy atom. The van der Waals surface area contributed by atoms with Gasteiger partial charge in [0.25, 0.3) is 5.91 Å². The second-order valence-corrected chi connectivity index (χ2v) is 9.36. The molecule has 1 atom stereocenters. The molecule has 2 aromatic rings. The van der Waals surface area contributed by atoms with Crippen molar-refractivity contribution in [3.05, 3.63) is 70.7 Å². The number of nitrogens with one attached hydrogen (secondary N) is 1. The van der Waals surface area contributed by atoms with E-state index in [0.717, 1.165) is 0 Å². The van der Waals surface area contributed by atoms with Gasteiger partial charge in [-0.3, -0.25) is 14.6 Å². The van der Waals surface area contributed by atoms with Crippen molar-refractivity contribution in [2.45, 2.75) is 19.9 Å².